The Labute approximate surface area is 187 Å². The molecule has 0 atom stereocenters. The Kier molecular flexibility index (Phi) is 6.17. The van der Waals surface area contributed by atoms with Crippen LogP contribution in [0.4, 0.5) is 26.3 Å². The van der Waals surface area contributed by atoms with E-state index in [1.165, 1.54) is 0 Å². The van der Waals surface area contributed by atoms with Crippen LogP contribution in [0.5, 0.6) is 0 Å². The highest BCUT2D eigenvalue weighted by Gasteiger charge is 2.48. The molecular formula is C23H23F6N3O. The van der Waals surface area contributed by atoms with Crippen LogP contribution in [0.3, 0.4) is 0 Å². The molecule has 0 saturated carbocycles. The Balaban J connectivity index is 1.60. The maximum absolute atomic E-state index is 13.5. The summed E-state index contributed by atoms with van der Waals surface area (Å²) in [5, 5.41) is 5.86. The zero-order valence-corrected chi connectivity index (χ0v) is 17.6. The van der Waals surface area contributed by atoms with Crippen molar-refractivity contribution in [1.29, 1.82) is 0 Å². The predicted octanol–water partition coefficient (Wildman–Crippen LogP) is 3.78. The van der Waals surface area contributed by atoms with Gasteiger partial charge in [0.1, 0.15) is 5.54 Å². The molecule has 33 heavy (non-hydrogen) atoms. The first-order valence-corrected chi connectivity index (χ1v) is 10.6. The molecule has 4 nitrogen and oxygen atoms in total. The highest BCUT2D eigenvalue weighted by molar-refractivity contribution is 5.88. The molecule has 2 aliphatic rings. The Morgan fingerprint density at radius 3 is 1.91 bits per heavy atom. The minimum absolute atomic E-state index is 0.0845. The van der Waals surface area contributed by atoms with Gasteiger partial charge in [0.25, 0.3) is 0 Å². The summed E-state index contributed by atoms with van der Waals surface area (Å²) in [6.07, 6.45) is -9.00. The van der Waals surface area contributed by atoms with Crippen molar-refractivity contribution in [3.63, 3.8) is 0 Å². The molecule has 1 amide bonds. The number of carbonyl (C=O) groups excluding carboxylic acids is 1. The van der Waals surface area contributed by atoms with Crippen molar-refractivity contribution in [3.05, 3.63) is 70.3 Å². The molecule has 4 rings (SSSR count). The van der Waals surface area contributed by atoms with Gasteiger partial charge in [-0.25, -0.2) is 0 Å². The second-order valence-electron chi connectivity index (χ2n) is 8.49. The number of nitrogens with zero attached hydrogens (tertiary/aromatic N) is 1. The lowest BCUT2D eigenvalue weighted by Crippen LogP contribution is -2.63. The number of benzene rings is 2. The third-order valence-corrected chi connectivity index (χ3v) is 6.33. The van der Waals surface area contributed by atoms with Gasteiger partial charge in [-0.3, -0.25) is 9.69 Å². The molecule has 178 valence electrons. The third kappa shape index (κ3) is 4.86. The molecule has 1 fully saturated rings. The number of piperazine rings is 1. The molecule has 1 heterocycles. The molecule has 1 aliphatic heterocycles. The van der Waals surface area contributed by atoms with Crippen LogP contribution >= 0.6 is 0 Å². The van der Waals surface area contributed by atoms with Gasteiger partial charge < -0.3 is 10.6 Å². The van der Waals surface area contributed by atoms with E-state index in [0.717, 1.165) is 11.1 Å². The number of halogens is 6. The van der Waals surface area contributed by atoms with Gasteiger partial charge in [0.05, 0.1) is 11.1 Å². The summed E-state index contributed by atoms with van der Waals surface area (Å²) in [6.45, 7) is 2.17. The van der Waals surface area contributed by atoms with E-state index in [1.54, 1.807) is 0 Å². The summed E-state index contributed by atoms with van der Waals surface area (Å²) in [6, 6.07) is 9.02. The normalized spacial score (nSPS) is 18.7. The highest BCUT2D eigenvalue weighted by Crippen LogP contribution is 2.37. The van der Waals surface area contributed by atoms with Gasteiger partial charge in [0.15, 0.2) is 0 Å². The quantitative estimate of drug-likeness (QED) is 0.668. The van der Waals surface area contributed by atoms with E-state index >= 15 is 0 Å². The number of hydrogen-bond acceptors (Lipinski definition) is 3. The first kappa shape index (κ1) is 23.6. The first-order chi connectivity index (χ1) is 15.5. The van der Waals surface area contributed by atoms with Gasteiger partial charge in [-0.2, -0.15) is 26.3 Å². The summed E-state index contributed by atoms with van der Waals surface area (Å²) >= 11 is 0. The molecule has 0 aromatic heterocycles. The summed E-state index contributed by atoms with van der Waals surface area (Å²) in [7, 11) is 0. The van der Waals surface area contributed by atoms with Crippen molar-refractivity contribution in [3.8, 4) is 0 Å². The molecule has 0 radical (unpaired) electrons. The minimum atomic E-state index is -4.94. The molecular weight excluding hydrogens is 448 g/mol. The lowest BCUT2D eigenvalue weighted by Gasteiger charge is -2.42. The van der Waals surface area contributed by atoms with Crippen LogP contribution in [0.2, 0.25) is 0 Å². The second kappa shape index (κ2) is 8.64. The van der Waals surface area contributed by atoms with Crippen LogP contribution in [-0.4, -0.2) is 42.5 Å². The van der Waals surface area contributed by atoms with Gasteiger partial charge in [-0.15, -0.1) is 0 Å². The van der Waals surface area contributed by atoms with Crippen molar-refractivity contribution in [2.45, 2.75) is 37.3 Å². The summed E-state index contributed by atoms with van der Waals surface area (Å²) in [5.41, 5.74) is -1.94. The fourth-order valence-corrected chi connectivity index (χ4v) is 4.68. The molecule has 0 spiro atoms. The smallest absolute Gasteiger partial charge is 0.350 e. The average Bonchev–Trinajstić information content (AvgIpc) is 3.18. The van der Waals surface area contributed by atoms with E-state index in [1.807, 2.05) is 24.3 Å². The number of alkyl halides is 6. The summed E-state index contributed by atoms with van der Waals surface area (Å²) in [4.78, 5) is 15.5. The van der Waals surface area contributed by atoms with Gasteiger partial charge in [-0.05, 0) is 34.9 Å². The van der Waals surface area contributed by atoms with Gasteiger partial charge in [0, 0.05) is 45.6 Å². The van der Waals surface area contributed by atoms with E-state index in [9.17, 15) is 31.1 Å². The highest BCUT2D eigenvalue weighted by atomic mass is 19.4. The third-order valence-electron chi connectivity index (χ3n) is 6.33. The largest absolute Gasteiger partial charge is 0.416 e. The molecule has 1 aliphatic carbocycles. The maximum Gasteiger partial charge on any atom is 0.416 e. The Bertz CT molecular complexity index is 970. The second-order valence-corrected chi connectivity index (χ2v) is 8.49. The number of rotatable bonds is 4. The minimum Gasteiger partial charge on any atom is -0.350 e. The van der Waals surface area contributed by atoms with Crippen molar-refractivity contribution in [1.82, 2.24) is 15.5 Å². The average molecular weight is 471 g/mol. The molecule has 2 aromatic carbocycles. The summed E-state index contributed by atoms with van der Waals surface area (Å²) < 4.78 is 79.0. The Morgan fingerprint density at radius 1 is 0.909 bits per heavy atom. The maximum atomic E-state index is 13.5. The molecule has 2 N–H and O–H groups in total. The van der Waals surface area contributed by atoms with Crippen molar-refractivity contribution in [2.75, 3.05) is 26.2 Å². The summed E-state index contributed by atoms with van der Waals surface area (Å²) in [5.74, 6) is -0.397. The van der Waals surface area contributed by atoms with E-state index in [0.29, 0.717) is 51.2 Å². The van der Waals surface area contributed by atoms with Crippen molar-refractivity contribution < 1.29 is 31.1 Å². The van der Waals surface area contributed by atoms with Gasteiger partial charge in [0.2, 0.25) is 5.91 Å². The topological polar surface area (TPSA) is 44.4 Å². The number of nitrogens with one attached hydrogen (secondary N) is 2. The van der Waals surface area contributed by atoms with E-state index in [-0.39, 0.29) is 11.6 Å². The van der Waals surface area contributed by atoms with Crippen molar-refractivity contribution >= 4 is 5.91 Å². The van der Waals surface area contributed by atoms with E-state index < -0.39 is 41.5 Å². The van der Waals surface area contributed by atoms with Crippen LogP contribution in [0.1, 0.15) is 27.8 Å². The molecule has 0 bridgehead atoms. The lowest BCUT2D eigenvalue weighted by molar-refractivity contribution is -0.143. The fraction of sp³-hybridized carbons (Fsp3) is 0.435. The lowest BCUT2D eigenvalue weighted by atomic mass is 9.91. The first-order valence-electron chi connectivity index (χ1n) is 10.6. The number of hydrogen-bond donors (Lipinski definition) is 2. The Hall–Kier alpha value is -2.59. The standard InChI is InChI=1S/C23H23F6N3O/c24-22(25,26)18-9-15(10-19(11-18)23(27,28)29)14-31-20(33)21(32-7-5-30-6-8-32)12-16-3-1-2-4-17(16)13-21/h1-4,9-11,30H,5-8,12-14H2,(H,31,33). The number of fused-ring (bicyclic) bond motifs is 1. The van der Waals surface area contributed by atoms with Crippen molar-refractivity contribution in [2.24, 2.45) is 0 Å². The number of carbonyl (C=O) groups is 1. The van der Waals surface area contributed by atoms with E-state index in [2.05, 4.69) is 15.5 Å². The molecule has 0 unspecified atom stereocenters. The van der Waals surface area contributed by atoms with Crippen LogP contribution in [0.15, 0.2) is 42.5 Å². The monoisotopic (exact) mass is 471 g/mol. The Morgan fingerprint density at radius 2 is 1.42 bits per heavy atom. The van der Waals surface area contributed by atoms with Crippen LogP contribution < -0.4 is 10.6 Å². The zero-order valence-electron chi connectivity index (χ0n) is 17.6. The SMILES string of the molecule is O=C(NCc1cc(C(F)(F)F)cc(C(F)(F)F)c1)C1(N2CCNCC2)Cc2ccccc2C1. The molecule has 2 aromatic rings. The van der Waals surface area contributed by atoms with Crippen LogP contribution in [-0.2, 0) is 36.5 Å². The fourth-order valence-electron chi connectivity index (χ4n) is 4.68. The van der Waals surface area contributed by atoms with Gasteiger partial charge >= 0.3 is 12.4 Å². The van der Waals surface area contributed by atoms with Gasteiger partial charge in [-0.1, -0.05) is 24.3 Å². The predicted molar refractivity (Wildman–Crippen MR) is 109 cm³/mol. The number of amides is 1. The van der Waals surface area contributed by atoms with E-state index in [4.69, 9.17) is 0 Å². The molecule has 10 heteroatoms. The molecule has 1 saturated heterocycles. The van der Waals surface area contributed by atoms with Crippen LogP contribution in [0, 0.1) is 0 Å². The van der Waals surface area contributed by atoms with Crippen LogP contribution in [0.25, 0.3) is 0 Å². The zero-order chi connectivity index (χ0) is 23.9.